The molecular formula is C66H80N4O8. The number of aliphatic hydroxyl groups excluding tert-OH is 2. The van der Waals surface area contributed by atoms with Crippen LogP contribution in [0.3, 0.4) is 0 Å². The number of nitrogens with zero attached hydrogens (tertiary/aromatic N) is 3. The number of hydrogen-bond donors (Lipinski definition) is 3. The van der Waals surface area contributed by atoms with E-state index in [4.69, 9.17) is 24.2 Å². The van der Waals surface area contributed by atoms with Gasteiger partial charge in [0.2, 0.25) is 5.79 Å². The lowest BCUT2D eigenvalue weighted by atomic mass is 9.55. The van der Waals surface area contributed by atoms with Crippen molar-refractivity contribution in [2.75, 3.05) is 26.4 Å². The van der Waals surface area contributed by atoms with Gasteiger partial charge in [-0.1, -0.05) is 168 Å². The third-order valence-corrected chi connectivity index (χ3v) is 16.0. The molecule has 0 aromatic heterocycles. The summed E-state index contributed by atoms with van der Waals surface area (Å²) in [6, 6.07) is 37.8. The van der Waals surface area contributed by atoms with E-state index in [9.17, 15) is 20.3 Å². The molecule has 78 heavy (non-hydrogen) atoms. The van der Waals surface area contributed by atoms with Gasteiger partial charge in [-0.2, -0.15) is 5.26 Å². The third-order valence-electron chi connectivity index (χ3n) is 16.0. The Morgan fingerprint density at radius 1 is 0.833 bits per heavy atom. The lowest BCUT2D eigenvalue weighted by Crippen LogP contribution is -2.70. The van der Waals surface area contributed by atoms with Crippen LogP contribution >= 0.6 is 0 Å². The Morgan fingerprint density at radius 2 is 1.54 bits per heavy atom. The molecule has 0 bridgehead atoms. The molecule has 12 heteroatoms. The van der Waals surface area contributed by atoms with Crippen LogP contribution in [0.4, 0.5) is 4.79 Å². The number of fused-ring (bicyclic) bond motifs is 3. The Kier molecular flexibility index (Phi) is 21.5. The Bertz CT molecular complexity index is 2840. The van der Waals surface area contributed by atoms with Crippen LogP contribution in [-0.2, 0) is 22.7 Å². The number of carbonyl (C=O) groups is 2. The first kappa shape index (κ1) is 57.4. The first-order valence-corrected chi connectivity index (χ1v) is 28.8. The van der Waals surface area contributed by atoms with Crippen molar-refractivity contribution in [3.05, 3.63) is 167 Å². The largest absolute Gasteiger partial charge is 0.459 e. The molecule has 1 aliphatic heterocycles. The Morgan fingerprint density at radius 3 is 2.27 bits per heavy atom. The molecule has 8 rings (SSSR count). The maximum Gasteiger partial charge on any atom is 0.412 e. The van der Waals surface area contributed by atoms with E-state index in [-0.39, 0.29) is 63.1 Å². The number of aliphatic hydroxyl groups is 2. The molecule has 0 saturated heterocycles. The van der Waals surface area contributed by atoms with Gasteiger partial charge < -0.3 is 39.5 Å². The number of rotatable bonds is 30. The van der Waals surface area contributed by atoms with Crippen LogP contribution in [0, 0.1) is 29.1 Å². The second kappa shape index (κ2) is 29.3. The van der Waals surface area contributed by atoms with Crippen molar-refractivity contribution >= 4 is 28.5 Å². The van der Waals surface area contributed by atoms with Crippen LogP contribution in [0.2, 0.25) is 0 Å². The molecule has 2 amide bonds. The van der Waals surface area contributed by atoms with Crippen LogP contribution in [-0.4, -0.2) is 71.0 Å². The van der Waals surface area contributed by atoms with Crippen LogP contribution < -0.4 is 14.8 Å². The highest BCUT2D eigenvalue weighted by Gasteiger charge is 2.65. The number of carbonyl (C=O) groups excluding carboxylic acids is 2. The lowest BCUT2D eigenvalue weighted by Gasteiger charge is -2.60. The van der Waals surface area contributed by atoms with Crippen LogP contribution in [0.25, 0.3) is 10.8 Å². The number of benzene rings is 5. The number of nitriles is 1. The molecule has 3 aliphatic rings. The first-order valence-electron chi connectivity index (χ1n) is 28.8. The molecule has 1 saturated carbocycles. The summed E-state index contributed by atoms with van der Waals surface area (Å²) in [6.07, 6.45) is 20.0. The average molecular weight is 1060 g/mol. The van der Waals surface area contributed by atoms with Crippen LogP contribution in [0.5, 0.6) is 11.5 Å². The zero-order valence-corrected chi connectivity index (χ0v) is 45.7. The second-order valence-electron chi connectivity index (χ2n) is 21.3. The highest BCUT2D eigenvalue weighted by atomic mass is 16.7. The molecule has 412 valence electrons. The number of ether oxygens (including phenoxy) is 3. The summed E-state index contributed by atoms with van der Waals surface area (Å²) in [6.45, 7) is 7.46. The van der Waals surface area contributed by atoms with Crippen LogP contribution in [0.15, 0.2) is 145 Å². The minimum Gasteiger partial charge on any atom is -0.459 e. The first-order chi connectivity index (χ1) is 38.3. The van der Waals surface area contributed by atoms with Gasteiger partial charge in [0.1, 0.15) is 24.1 Å². The molecule has 0 radical (unpaired) electrons. The average Bonchev–Trinajstić information content (AvgIpc) is 2.79. The predicted molar refractivity (Wildman–Crippen MR) is 307 cm³/mol. The zero-order valence-electron chi connectivity index (χ0n) is 45.7. The normalized spacial score (nSPS) is 20.6. The van der Waals surface area contributed by atoms with E-state index in [1.54, 1.807) is 36.4 Å². The smallest absolute Gasteiger partial charge is 0.412 e. The fraction of sp³-hybridized carbons (Fsp3) is 0.455. The molecule has 6 atom stereocenters. The number of nitrogens with one attached hydrogen (secondary N) is 1. The molecular weight excluding hydrogens is 977 g/mol. The molecule has 3 N–H and O–H groups in total. The molecule has 1 fully saturated rings. The predicted octanol–water partition coefficient (Wildman–Crippen LogP) is 13.9. The SMILES string of the molecule is C=CCOC12Oc3ccc(OC(=O)NCCCCCCCCCCCC)cc3C3C(CCCCO)C(CCCCO)C=C(C(=NOCc4ccccc4)CC1N(Cc1cccc4ccccc14)C(=O)c1ccc(C#N)cc1)C32. The summed E-state index contributed by atoms with van der Waals surface area (Å²) in [5, 5.41) is 40.2. The van der Waals surface area contributed by atoms with Gasteiger partial charge in [-0.3, -0.25) is 4.79 Å². The van der Waals surface area contributed by atoms with Gasteiger partial charge in [0.25, 0.3) is 5.91 Å². The quantitative estimate of drug-likeness (QED) is 0.0231. The summed E-state index contributed by atoms with van der Waals surface area (Å²) >= 11 is 0. The van der Waals surface area contributed by atoms with Gasteiger partial charge in [0.15, 0.2) is 0 Å². The topological polar surface area (TPSA) is 163 Å². The van der Waals surface area contributed by atoms with Gasteiger partial charge >= 0.3 is 6.09 Å². The maximum absolute atomic E-state index is 15.8. The van der Waals surface area contributed by atoms with Crippen molar-refractivity contribution < 1.29 is 38.9 Å². The fourth-order valence-corrected chi connectivity index (χ4v) is 12.2. The second-order valence-corrected chi connectivity index (χ2v) is 21.3. The van der Waals surface area contributed by atoms with E-state index < -0.39 is 23.8 Å². The summed E-state index contributed by atoms with van der Waals surface area (Å²) in [5.74, 6) is -1.92. The van der Waals surface area contributed by atoms with Crippen molar-refractivity contribution in [1.29, 1.82) is 5.26 Å². The highest BCUT2D eigenvalue weighted by molar-refractivity contribution is 6.03. The number of hydrogen-bond acceptors (Lipinski definition) is 10. The summed E-state index contributed by atoms with van der Waals surface area (Å²) in [7, 11) is 0. The molecule has 1 heterocycles. The van der Waals surface area contributed by atoms with E-state index in [2.05, 4.69) is 49.2 Å². The van der Waals surface area contributed by atoms with Crippen LogP contribution in [0.1, 0.15) is 155 Å². The monoisotopic (exact) mass is 1060 g/mol. The Labute approximate surface area is 462 Å². The van der Waals surface area contributed by atoms with Crippen molar-refractivity contribution in [2.45, 2.75) is 147 Å². The van der Waals surface area contributed by atoms with Crippen molar-refractivity contribution in [3.63, 3.8) is 0 Å². The number of unbranched alkanes of at least 4 members (excludes halogenated alkanes) is 11. The standard InChI is InChI=1S/C66H80N4O8/c1-3-5-6-7-8-9-10-11-12-20-38-68-65(74)77-54-36-37-60-58(43-54)62-56(31-19-22-40-72)52(27-18-21-39-71)42-57-59(69-76-47-49-24-14-13-15-25-49)44-61(66(78-60,63(57)62)75-41-4-2)70(64(73)51-34-32-48(45-67)33-35-51)46-53-29-23-28-50-26-16-17-30-55(50)53/h4,13-17,23-26,28-30,32-37,42-43,52,56,61-63,71-72H,2-3,5-12,18-22,27,31,38-41,44,46-47H2,1H3,(H,68,74). The third kappa shape index (κ3) is 14.3. The van der Waals surface area contributed by atoms with Gasteiger partial charge in [-0.15, -0.1) is 6.58 Å². The van der Waals surface area contributed by atoms with Crippen molar-refractivity contribution in [2.24, 2.45) is 22.9 Å². The molecule has 6 unspecified atom stereocenters. The van der Waals surface area contributed by atoms with E-state index >= 15 is 4.79 Å². The summed E-state index contributed by atoms with van der Waals surface area (Å²) in [5.41, 5.74) is 5.09. The molecule has 2 aliphatic carbocycles. The summed E-state index contributed by atoms with van der Waals surface area (Å²) in [4.78, 5) is 37.6. The molecule has 12 nitrogen and oxygen atoms in total. The van der Waals surface area contributed by atoms with Gasteiger partial charge in [0, 0.05) is 49.8 Å². The summed E-state index contributed by atoms with van der Waals surface area (Å²) < 4.78 is 21.0. The van der Waals surface area contributed by atoms with Gasteiger partial charge in [-0.25, -0.2) is 4.79 Å². The fourth-order valence-electron chi connectivity index (χ4n) is 12.2. The van der Waals surface area contributed by atoms with Gasteiger partial charge in [-0.05, 0) is 114 Å². The van der Waals surface area contributed by atoms with E-state index in [1.807, 2.05) is 71.6 Å². The zero-order chi connectivity index (χ0) is 54.5. The molecule has 0 spiro atoms. The molecule has 5 aromatic carbocycles. The van der Waals surface area contributed by atoms with E-state index in [1.165, 1.54) is 44.9 Å². The molecule has 5 aromatic rings. The minimum atomic E-state index is -1.55. The lowest BCUT2D eigenvalue weighted by molar-refractivity contribution is -0.255. The number of amides is 2. The van der Waals surface area contributed by atoms with Crippen molar-refractivity contribution in [3.8, 4) is 17.6 Å². The Hall–Kier alpha value is -6.78. The van der Waals surface area contributed by atoms with E-state index in [0.29, 0.717) is 47.7 Å². The van der Waals surface area contributed by atoms with E-state index in [0.717, 1.165) is 78.0 Å². The minimum absolute atomic E-state index is 0.00795. The van der Waals surface area contributed by atoms with Crippen molar-refractivity contribution in [1.82, 2.24) is 10.2 Å². The highest BCUT2D eigenvalue weighted by Crippen LogP contribution is 2.62. The van der Waals surface area contributed by atoms with Gasteiger partial charge in [0.05, 0.1) is 29.9 Å². The number of allylic oxidation sites excluding steroid dienone is 1. The maximum atomic E-state index is 15.8. The Balaban J connectivity index is 1.24. The number of oxime groups is 1.